The number of anilines is 1. The highest BCUT2D eigenvalue weighted by Gasteiger charge is 2.56. The summed E-state index contributed by atoms with van der Waals surface area (Å²) in [5.74, 6) is 3.09. The molecule has 1 aliphatic heterocycles. The van der Waals surface area contributed by atoms with Gasteiger partial charge >= 0.3 is 0 Å². The number of rotatable bonds is 8. The number of nitrogens with zero attached hydrogens (tertiary/aromatic N) is 5. The fourth-order valence-corrected chi connectivity index (χ4v) is 7.77. The van der Waals surface area contributed by atoms with Gasteiger partial charge in [0.2, 0.25) is 0 Å². The standard InChI is InChI=1S/C35H47FN6O2/c1-6-12-40-14-16-41(17-15-40)34(39-31-19-25-18-29(23(31)2)35(25,3)4)38-26-8-10-28-32(20-26)37-22-42(33(28)43)13-11-24-7-9-27(44-5)21-30(24)36/h7-10,20-23,25,29,31H,6,11-19H2,1-5H3,(H,38,39)/t23-,25?,29+,31?/m0/s1. The van der Waals surface area contributed by atoms with Crippen molar-refractivity contribution in [1.82, 2.24) is 19.4 Å². The SMILES string of the molecule is CCCN1CCN(C(=NC2CC3C[C@H]([C@@H]2C)C3(C)C)Nc2ccc3c(=O)n(CCc4ccc(OC)cc4F)cnc3c2)CC1. The maximum Gasteiger partial charge on any atom is 0.261 e. The average Bonchev–Trinajstić information content (AvgIpc) is 3.02. The minimum absolute atomic E-state index is 0.130. The van der Waals surface area contributed by atoms with Crippen molar-refractivity contribution in [3.05, 3.63) is 64.5 Å². The minimum Gasteiger partial charge on any atom is -0.497 e. The Morgan fingerprint density at radius 1 is 1.11 bits per heavy atom. The molecule has 44 heavy (non-hydrogen) atoms. The number of hydrogen-bond acceptors (Lipinski definition) is 5. The third-order valence-electron chi connectivity index (χ3n) is 10.8. The number of hydrogen-bond donors (Lipinski definition) is 1. The third kappa shape index (κ3) is 5.95. The molecule has 9 heteroatoms. The van der Waals surface area contributed by atoms with Crippen LogP contribution < -0.4 is 15.6 Å². The van der Waals surface area contributed by atoms with Crippen molar-refractivity contribution >= 4 is 22.5 Å². The molecule has 2 bridgehead atoms. The number of aromatic nitrogens is 2. The Labute approximate surface area is 260 Å². The van der Waals surface area contributed by atoms with Crippen molar-refractivity contribution in [2.45, 2.75) is 66.0 Å². The van der Waals surface area contributed by atoms with Crippen LogP contribution in [-0.4, -0.2) is 71.2 Å². The van der Waals surface area contributed by atoms with Crippen molar-refractivity contribution in [2.24, 2.45) is 28.2 Å². The molecule has 3 aromatic rings. The molecule has 1 saturated heterocycles. The molecule has 4 aliphatic rings. The van der Waals surface area contributed by atoms with Crippen molar-refractivity contribution in [3.63, 3.8) is 0 Å². The van der Waals surface area contributed by atoms with Gasteiger partial charge in [-0.3, -0.25) is 14.3 Å². The van der Waals surface area contributed by atoms with Gasteiger partial charge < -0.3 is 15.0 Å². The Morgan fingerprint density at radius 2 is 1.91 bits per heavy atom. The molecule has 8 nitrogen and oxygen atoms in total. The van der Waals surface area contributed by atoms with Crippen LogP contribution in [0, 0.1) is 29.0 Å². The summed E-state index contributed by atoms with van der Waals surface area (Å²) in [4.78, 5) is 28.3. The lowest BCUT2D eigenvalue weighted by molar-refractivity contribution is -0.108. The minimum atomic E-state index is -0.338. The first-order valence-electron chi connectivity index (χ1n) is 16.3. The van der Waals surface area contributed by atoms with Crippen molar-refractivity contribution in [1.29, 1.82) is 0 Å². The second-order valence-electron chi connectivity index (χ2n) is 13.6. The monoisotopic (exact) mass is 602 g/mol. The van der Waals surface area contributed by atoms with Gasteiger partial charge in [-0.1, -0.05) is 33.8 Å². The molecular weight excluding hydrogens is 555 g/mol. The van der Waals surface area contributed by atoms with Crippen LogP contribution in [0.15, 0.2) is 52.5 Å². The van der Waals surface area contributed by atoms with Gasteiger partial charge in [0.25, 0.3) is 5.56 Å². The first-order valence-corrected chi connectivity index (χ1v) is 16.3. The second kappa shape index (κ2) is 12.5. The van der Waals surface area contributed by atoms with Gasteiger partial charge in [0, 0.05) is 44.5 Å². The van der Waals surface area contributed by atoms with E-state index in [2.05, 4.69) is 47.8 Å². The summed E-state index contributed by atoms with van der Waals surface area (Å²) < 4.78 is 21.1. The van der Waals surface area contributed by atoms with Gasteiger partial charge in [0.05, 0.1) is 30.4 Å². The predicted molar refractivity (Wildman–Crippen MR) is 175 cm³/mol. The molecule has 0 amide bonds. The summed E-state index contributed by atoms with van der Waals surface area (Å²) in [5, 5.41) is 4.20. The Hall–Kier alpha value is -3.46. The van der Waals surface area contributed by atoms with Crippen LogP contribution in [0.3, 0.4) is 0 Å². The normalized spacial score (nSPS) is 25.1. The van der Waals surface area contributed by atoms with E-state index in [1.54, 1.807) is 23.0 Å². The number of fused-ring (bicyclic) bond motifs is 3. The molecule has 4 fully saturated rings. The van der Waals surface area contributed by atoms with Crippen LogP contribution >= 0.6 is 0 Å². The fraction of sp³-hybridized carbons (Fsp3) is 0.571. The number of aryl methyl sites for hydroxylation is 2. The van der Waals surface area contributed by atoms with E-state index in [1.165, 1.54) is 26.0 Å². The summed E-state index contributed by atoms with van der Waals surface area (Å²) in [7, 11) is 1.51. The number of halogens is 1. The largest absolute Gasteiger partial charge is 0.497 e. The van der Waals surface area contributed by atoms with Crippen LogP contribution in [0.4, 0.5) is 10.1 Å². The summed E-state index contributed by atoms with van der Waals surface area (Å²) in [6.07, 6.45) is 5.59. The van der Waals surface area contributed by atoms with Crippen LogP contribution in [0.2, 0.25) is 0 Å². The van der Waals surface area contributed by atoms with Crippen molar-refractivity contribution in [2.75, 3.05) is 45.2 Å². The Kier molecular flexibility index (Phi) is 8.68. The number of benzene rings is 2. The predicted octanol–water partition coefficient (Wildman–Crippen LogP) is 5.65. The van der Waals surface area contributed by atoms with E-state index in [4.69, 9.17) is 9.73 Å². The molecular formula is C35H47FN6O2. The number of piperazine rings is 1. The van der Waals surface area contributed by atoms with Crippen molar-refractivity contribution in [3.8, 4) is 5.75 Å². The van der Waals surface area contributed by atoms with E-state index in [0.717, 1.165) is 62.6 Å². The molecule has 0 radical (unpaired) electrons. The Morgan fingerprint density at radius 3 is 2.59 bits per heavy atom. The summed E-state index contributed by atoms with van der Waals surface area (Å²) in [6, 6.07) is 10.8. The molecule has 7 rings (SSSR count). The Bertz CT molecular complexity index is 1580. The van der Waals surface area contributed by atoms with E-state index in [1.807, 2.05) is 18.2 Å². The van der Waals surface area contributed by atoms with E-state index in [0.29, 0.717) is 52.6 Å². The molecule has 1 N–H and O–H groups in total. The first kappa shape index (κ1) is 30.6. The second-order valence-corrected chi connectivity index (χ2v) is 13.6. The lowest BCUT2D eigenvalue weighted by atomic mass is 9.45. The maximum absolute atomic E-state index is 14.4. The number of methoxy groups -OCH3 is 1. The van der Waals surface area contributed by atoms with Gasteiger partial charge in [-0.05, 0) is 85.2 Å². The van der Waals surface area contributed by atoms with Gasteiger partial charge in [-0.15, -0.1) is 0 Å². The van der Waals surface area contributed by atoms with Gasteiger partial charge in [0.15, 0.2) is 5.96 Å². The van der Waals surface area contributed by atoms with E-state index in [9.17, 15) is 9.18 Å². The Balaban J connectivity index is 1.21. The maximum atomic E-state index is 14.4. The molecule has 3 saturated carbocycles. The first-order chi connectivity index (χ1) is 21.2. The summed E-state index contributed by atoms with van der Waals surface area (Å²) >= 11 is 0. The van der Waals surface area contributed by atoms with Gasteiger partial charge in [-0.2, -0.15) is 0 Å². The third-order valence-corrected chi connectivity index (χ3v) is 10.8. The quantitative estimate of drug-likeness (QED) is 0.265. The molecule has 2 unspecified atom stereocenters. The molecule has 2 heterocycles. The topological polar surface area (TPSA) is 75.0 Å². The van der Waals surface area contributed by atoms with Gasteiger partial charge in [-0.25, -0.2) is 14.4 Å². The zero-order valence-electron chi connectivity index (χ0n) is 26.9. The zero-order chi connectivity index (χ0) is 31.0. The lowest BCUT2D eigenvalue weighted by Gasteiger charge is -2.61. The number of nitrogens with one attached hydrogen (secondary N) is 1. The number of aliphatic imine (C=N–C) groups is 1. The van der Waals surface area contributed by atoms with E-state index >= 15 is 0 Å². The van der Waals surface area contributed by atoms with Crippen LogP contribution in [0.25, 0.3) is 10.9 Å². The zero-order valence-corrected chi connectivity index (χ0v) is 26.9. The molecule has 2 aromatic carbocycles. The smallest absolute Gasteiger partial charge is 0.261 e. The number of guanidine groups is 1. The summed E-state index contributed by atoms with van der Waals surface area (Å²) in [6.45, 7) is 14.9. The van der Waals surface area contributed by atoms with Crippen molar-refractivity contribution < 1.29 is 9.13 Å². The van der Waals surface area contributed by atoms with Gasteiger partial charge in [0.1, 0.15) is 11.6 Å². The van der Waals surface area contributed by atoms with Crippen LogP contribution in [0.5, 0.6) is 5.75 Å². The van der Waals surface area contributed by atoms with E-state index < -0.39 is 0 Å². The number of ether oxygens (including phenoxy) is 1. The molecule has 1 aromatic heterocycles. The summed E-state index contributed by atoms with van der Waals surface area (Å²) in [5.41, 5.74) is 2.34. The lowest BCUT2D eigenvalue weighted by Crippen LogP contribution is -2.57. The van der Waals surface area contributed by atoms with Crippen LogP contribution in [0.1, 0.15) is 52.5 Å². The van der Waals surface area contributed by atoms with Crippen LogP contribution in [-0.2, 0) is 13.0 Å². The highest BCUT2D eigenvalue weighted by Crippen LogP contribution is 2.61. The molecule has 0 spiro atoms. The highest BCUT2D eigenvalue weighted by molar-refractivity contribution is 5.96. The average molecular weight is 603 g/mol. The highest BCUT2D eigenvalue weighted by atomic mass is 19.1. The fourth-order valence-electron chi connectivity index (χ4n) is 7.77. The molecule has 236 valence electrons. The van der Waals surface area contributed by atoms with E-state index in [-0.39, 0.29) is 11.4 Å². The molecule has 3 aliphatic carbocycles. The molecule has 4 atom stereocenters.